The Morgan fingerprint density at radius 2 is 0.636 bits per heavy atom. The van der Waals surface area contributed by atoms with Gasteiger partial charge in [0.2, 0.25) is 0 Å². The number of aromatic nitrogens is 2. The van der Waals surface area contributed by atoms with Crippen molar-refractivity contribution in [2.24, 2.45) is 0 Å². The van der Waals surface area contributed by atoms with E-state index >= 15 is 0 Å². The summed E-state index contributed by atoms with van der Waals surface area (Å²) in [6, 6.07) is 74.4. The second-order valence-corrected chi connectivity index (χ2v) is 14.4. The summed E-state index contributed by atoms with van der Waals surface area (Å²) < 4.78 is 0. The van der Waals surface area contributed by atoms with E-state index in [0.717, 1.165) is 33.6 Å². The molecule has 0 saturated heterocycles. The average Bonchev–Trinajstić information content (AvgIpc) is 3.74. The predicted molar refractivity (Wildman–Crippen MR) is 226 cm³/mol. The van der Waals surface area contributed by atoms with Crippen molar-refractivity contribution < 1.29 is 0 Å². The first-order valence-electron chi connectivity index (χ1n) is 18.9. The fourth-order valence-electron chi connectivity index (χ4n) is 9.33. The zero-order chi connectivity index (χ0) is 36.3. The van der Waals surface area contributed by atoms with Gasteiger partial charge in [0.1, 0.15) is 0 Å². The van der Waals surface area contributed by atoms with Crippen LogP contribution in [-0.4, -0.2) is 9.97 Å². The predicted octanol–water partition coefficient (Wildman–Crippen LogP) is 13.2. The Balaban J connectivity index is 1.17. The molecule has 0 amide bonds. The van der Waals surface area contributed by atoms with Crippen LogP contribution in [0.2, 0.25) is 0 Å². The molecule has 1 heterocycles. The summed E-state index contributed by atoms with van der Waals surface area (Å²) in [5, 5.41) is 0. The van der Waals surface area contributed by atoms with E-state index in [9.17, 15) is 0 Å². The normalized spacial score (nSPS) is 12.9. The Kier molecular flexibility index (Phi) is 7.11. The Morgan fingerprint density at radius 1 is 0.273 bits per heavy atom. The minimum Gasteiger partial charge on any atom is -0.228 e. The molecule has 0 bridgehead atoms. The van der Waals surface area contributed by atoms with E-state index in [2.05, 4.69) is 182 Å². The van der Waals surface area contributed by atoms with E-state index in [1.807, 2.05) is 24.3 Å². The summed E-state index contributed by atoms with van der Waals surface area (Å²) >= 11 is 0. The molecule has 2 heteroatoms. The monoisotopic (exact) mass is 698 g/mol. The SMILES string of the molecule is c1ccc(-c2cc(-c3ccccc3-c3ccccc3-c3cccc4c3C3(c5ccccc5-c5ccccc53)c3ccccc3-4)nc(-c3ccccc3)n2)cc1. The van der Waals surface area contributed by atoms with Gasteiger partial charge in [0.25, 0.3) is 0 Å². The molecule has 8 aromatic carbocycles. The zero-order valence-corrected chi connectivity index (χ0v) is 30.0. The van der Waals surface area contributed by atoms with Gasteiger partial charge >= 0.3 is 0 Å². The van der Waals surface area contributed by atoms with Crippen molar-refractivity contribution in [2.45, 2.75) is 5.41 Å². The largest absolute Gasteiger partial charge is 0.228 e. The molecule has 2 nitrogen and oxygen atoms in total. The number of hydrogen-bond acceptors (Lipinski definition) is 2. The van der Waals surface area contributed by atoms with Crippen molar-refractivity contribution in [2.75, 3.05) is 0 Å². The Hall–Kier alpha value is -7.16. The summed E-state index contributed by atoms with van der Waals surface area (Å²) in [4.78, 5) is 10.4. The van der Waals surface area contributed by atoms with E-state index < -0.39 is 5.41 Å². The van der Waals surface area contributed by atoms with Crippen LogP contribution in [0.5, 0.6) is 0 Å². The third-order valence-corrected chi connectivity index (χ3v) is 11.6. The van der Waals surface area contributed by atoms with E-state index in [0.29, 0.717) is 5.82 Å². The Morgan fingerprint density at radius 3 is 1.20 bits per heavy atom. The van der Waals surface area contributed by atoms with E-state index in [1.165, 1.54) is 61.2 Å². The summed E-state index contributed by atoms with van der Waals surface area (Å²) in [6.07, 6.45) is 0. The number of hydrogen-bond donors (Lipinski definition) is 0. The van der Waals surface area contributed by atoms with Gasteiger partial charge in [-0.15, -0.1) is 0 Å². The van der Waals surface area contributed by atoms with Gasteiger partial charge in [0.05, 0.1) is 16.8 Å². The molecule has 0 aliphatic heterocycles. The van der Waals surface area contributed by atoms with Crippen LogP contribution in [0.1, 0.15) is 22.3 Å². The van der Waals surface area contributed by atoms with E-state index in [-0.39, 0.29) is 0 Å². The van der Waals surface area contributed by atoms with Gasteiger partial charge in [-0.3, -0.25) is 0 Å². The van der Waals surface area contributed by atoms with Gasteiger partial charge in [0, 0.05) is 16.7 Å². The fraction of sp³-hybridized carbons (Fsp3) is 0.0189. The summed E-state index contributed by atoms with van der Waals surface area (Å²) in [7, 11) is 0. The molecule has 0 N–H and O–H groups in total. The highest BCUT2D eigenvalue weighted by Gasteiger charge is 2.52. The van der Waals surface area contributed by atoms with Crippen molar-refractivity contribution in [1.29, 1.82) is 0 Å². The molecule has 55 heavy (non-hydrogen) atoms. The van der Waals surface area contributed by atoms with Gasteiger partial charge in [0.15, 0.2) is 5.82 Å². The molecule has 9 aromatic rings. The standard InChI is InChI=1S/C53H34N2/c1-3-18-35(19-4-1)49-34-50(55-52(54-49)36-20-5-2-6-21-36)43-28-10-9-23-38(43)37-22-7-8-24-39(37)44-29-17-30-45-42-27-13-16-33-48(42)53(51(44)45)46-31-14-11-25-40(46)41-26-12-15-32-47(41)53/h1-34H. The van der Waals surface area contributed by atoms with E-state index in [4.69, 9.17) is 9.97 Å². The van der Waals surface area contributed by atoms with Crippen LogP contribution in [0, 0.1) is 0 Å². The van der Waals surface area contributed by atoms with Gasteiger partial charge in [-0.1, -0.05) is 200 Å². The lowest BCUT2D eigenvalue weighted by Gasteiger charge is -2.32. The van der Waals surface area contributed by atoms with Gasteiger partial charge in [-0.25, -0.2) is 9.97 Å². The molecule has 1 aromatic heterocycles. The minimum absolute atomic E-state index is 0.454. The first-order valence-corrected chi connectivity index (χ1v) is 18.9. The fourth-order valence-corrected chi connectivity index (χ4v) is 9.33. The first kappa shape index (κ1) is 31.4. The van der Waals surface area contributed by atoms with Crippen molar-refractivity contribution >= 4 is 0 Å². The van der Waals surface area contributed by atoms with E-state index in [1.54, 1.807) is 0 Å². The molecule has 256 valence electrons. The van der Waals surface area contributed by atoms with Crippen LogP contribution >= 0.6 is 0 Å². The lowest BCUT2D eigenvalue weighted by Crippen LogP contribution is -2.26. The van der Waals surface area contributed by atoms with Gasteiger partial charge < -0.3 is 0 Å². The molecule has 0 fully saturated rings. The molecular weight excluding hydrogens is 665 g/mol. The smallest absolute Gasteiger partial charge is 0.160 e. The highest BCUT2D eigenvalue weighted by atomic mass is 14.9. The van der Waals surface area contributed by atoms with Crippen LogP contribution in [0.3, 0.4) is 0 Å². The maximum atomic E-state index is 5.27. The number of benzene rings is 8. The third kappa shape index (κ3) is 4.68. The zero-order valence-electron chi connectivity index (χ0n) is 30.0. The molecule has 1 spiro atoms. The minimum atomic E-state index is -0.454. The first-order chi connectivity index (χ1) is 27.3. The maximum absolute atomic E-state index is 5.27. The van der Waals surface area contributed by atoms with Gasteiger partial charge in [-0.2, -0.15) is 0 Å². The van der Waals surface area contributed by atoms with Crippen LogP contribution in [0.25, 0.3) is 78.4 Å². The second-order valence-electron chi connectivity index (χ2n) is 14.4. The van der Waals surface area contributed by atoms with Crippen LogP contribution in [0.4, 0.5) is 0 Å². The maximum Gasteiger partial charge on any atom is 0.160 e. The van der Waals surface area contributed by atoms with Crippen molar-refractivity contribution in [3.05, 3.63) is 229 Å². The molecule has 2 aliphatic rings. The quantitative estimate of drug-likeness (QED) is 0.179. The summed E-state index contributed by atoms with van der Waals surface area (Å²) in [5.74, 6) is 0.708. The average molecular weight is 699 g/mol. The van der Waals surface area contributed by atoms with Crippen molar-refractivity contribution in [3.8, 4) is 78.4 Å². The molecule has 0 saturated carbocycles. The van der Waals surface area contributed by atoms with Crippen molar-refractivity contribution in [1.82, 2.24) is 9.97 Å². The lowest BCUT2D eigenvalue weighted by molar-refractivity contribution is 0.796. The van der Waals surface area contributed by atoms with Crippen molar-refractivity contribution in [3.63, 3.8) is 0 Å². The Labute approximate surface area is 321 Å². The molecule has 0 atom stereocenters. The lowest BCUT2D eigenvalue weighted by atomic mass is 9.68. The molecule has 0 radical (unpaired) electrons. The number of fused-ring (bicyclic) bond motifs is 10. The van der Waals surface area contributed by atoms with Crippen LogP contribution in [-0.2, 0) is 5.41 Å². The van der Waals surface area contributed by atoms with Gasteiger partial charge in [-0.05, 0) is 72.8 Å². The Bertz CT molecular complexity index is 2810. The topological polar surface area (TPSA) is 25.8 Å². The molecule has 11 rings (SSSR count). The van der Waals surface area contributed by atoms with Crippen LogP contribution < -0.4 is 0 Å². The summed E-state index contributed by atoms with van der Waals surface area (Å²) in [5.41, 5.74) is 19.7. The van der Waals surface area contributed by atoms with Crippen LogP contribution in [0.15, 0.2) is 206 Å². The summed E-state index contributed by atoms with van der Waals surface area (Å²) in [6.45, 7) is 0. The third-order valence-electron chi connectivity index (χ3n) is 11.6. The second kappa shape index (κ2) is 12.5. The highest BCUT2D eigenvalue weighted by molar-refractivity contribution is 6.01. The molecular formula is C53H34N2. The number of rotatable bonds is 5. The molecule has 2 aliphatic carbocycles. The highest BCUT2D eigenvalue weighted by Crippen LogP contribution is 2.64. The molecule has 0 unspecified atom stereocenters. The number of nitrogens with zero attached hydrogens (tertiary/aromatic N) is 2.